The van der Waals surface area contributed by atoms with E-state index in [9.17, 15) is 9.59 Å². The topological polar surface area (TPSA) is 64.1 Å². The first-order valence-corrected chi connectivity index (χ1v) is 4.40. The second kappa shape index (κ2) is 3.27. The van der Waals surface area contributed by atoms with Crippen molar-refractivity contribution in [3.63, 3.8) is 0 Å². The standard InChI is InChI=1S/C10H10N2O3/c1-12-5-7(10(14)15-2)6-3-4-11-9(13)8(6)12/h3-5H,1-2H3,(H,11,13). The van der Waals surface area contributed by atoms with E-state index in [-0.39, 0.29) is 5.56 Å². The number of nitrogens with one attached hydrogen (secondary N) is 1. The van der Waals surface area contributed by atoms with E-state index in [0.717, 1.165) is 0 Å². The maximum absolute atomic E-state index is 11.5. The molecule has 0 saturated carbocycles. The number of esters is 1. The predicted molar refractivity (Wildman–Crippen MR) is 54.9 cm³/mol. The molecule has 5 nitrogen and oxygen atoms in total. The summed E-state index contributed by atoms with van der Waals surface area (Å²) in [4.78, 5) is 25.5. The van der Waals surface area contributed by atoms with Gasteiger partial charge in [0.25, 0.3) is 5.56 Å². The molecule has 1 N–H and O–H groups in total. The highest BCUT2D eigenvalue weighted by atomic mass is 16.5. The van der Waals surface area contributed by atoms with Crippen LogP contribution >= 0.6 is 0 Å². The van der Waals surface area contributed by atoms with Gasteiger partial charge in [-0.1, -0.05) is 0 Å². The Morgan fingerprint density at radius 3 is 2.93 bits per heavy atom. The van der Waals surface area contributed by atoms with E-state index in [1.807, 2.05) is 0 Å². The number of carbonyl (C=O) groups is 1. The molecule has 2 heterocycles. The van der Waals surface area contributed by atoms with Gasteiger partial charge in [-0.05, 0) is 6.07 Å². The van der Waals surface area contributed by atoms with Crippen LogP contribution in [-0.2, 0) is 11.8 Å². The molecule has 15 heavy (non-hydrogen) atoms. The largest absolute Gasteiger partial charge is 0.465 e. The minimum Gasteiger partial charge on any atom is -0.465 e. The van der Waals surface area contributed by atoms with Crippen LogP contribution in [0.1, 0.15) is 10.4 Å². The summed E-state index contributed by atoms with van der Waals surface area (Å²) in [6.07, 6.45) is 3.10. The third-order valence-electron chi connectivity index (χ3n) is 2.31. The Labute approximate surface area is 85.3 Å². The molecule has 2 aromatic heterocycles. The first kappa shape index (κ1) is 9.51. The molecule has 0 saturated heterocycles. The molecule has 0 atom stereocenters. The molecule has 0 amide bonds. The van der Waals surface area contributed by atoms with Crippen LogP contribution in [0.4, 0.5) is 0 Å². The molecule has 78 valence electrons. The predicted octanol–water partition coefficient (Wildman–Crippen LogP) is 0.653. The fourth-order valence-electron chi connectivity index (χ4n) is 1.64. The van der Waals surface area contributed by atoms with Crippen LogP contribution in [0.25, 0.3) is 10.9 Å². The molecule has 2 aromatic rings. The number of ether oxygens (including phenoxy) is 1. The molecule has 0 aliphatic rings. The molecule has 0 aliphatic heterocycles. The number of aryl methyl sites for hydroxylation is 1. The minimum absolute atomic E-state index is 0.217. The highest BCUT2D eigenvalue weighted by molar-refractivity contribution is 6.03. The van der Waals surface area contributed by atoms with Gasteiger partial charge in [-0.25, -0.2) is 4.79 Å². The average Bonchev–Trinajstić information content (AvgIpc) is 2.56. The van der Waals surface area contributed by atoms with Crippen molar-refractivity contribution >= 4 is 16.9 Å². The maximum Gasteiger partial charge on any atom is 0.340 e. The minimum atomic E-state index is -0.439. The maximum atomic E-state index is 11.5. The zero-order chi connectivity index (χ0) is 11.0. The molecule has 0 bridgehead atoms. The zero-order valence-electron chi connectivity index (χ0n) is 8.40. The third kappa shape index (κ3) is 1.32. The van der Waals surface area contributed by atoms with Crippen LogP contribution < -0.4 is 5.56 Å². The number of nitrogens with zero attached hydrogens (tertiary/aromatic N) is 1. The van der Waals surface area contributed by atoms with E-state index in [4.69, 9.17) is 0 Å². The van der Waals surface area contributed by atoms with Crippen LogP contribution in [0, 0.1) is 0 Å². The molecule has 2 rings (SSSR count). The fourth-order valence-corrected chi connectivity index (χ4v) is 1.64. The highest BCUT2D eigenvalue weighted by Gasteiger charge is 2.15. The Hall–Kier alpha value is -2.04. The summed E-state index contributed by atoms with van der Waals surface area (Å²) in [5.74, 6) is -0.439. The molecule has 0 unspecified atom stereocenters. The molecule has 0 aromatic carbocycles. The van der Waals surface area contributed by atoms with E-state index in [1.54, 1.807) is 23.9 Å². The average molecular weight is 206 g/mol. The van der Waals surface area contributed by atoms with Crippen molar-refractivity contribution in [1.82, 2.24) is 9.55 Å². The normalized spacial score (nSPS) is 10.5. The second-order valence-electron chi connectivity index (χ2n) is 3.21. The molecule has 0 aliphatic carbocycles. The third-order valence-corrected chi connectivity index (χ3v) is 2.31. The van der Waals surface area contributed by atoms with Crippen molar-refractivity contribution in [2.24, 2.45) is 7.05 Å². The van der Waals surface area contributed by atoms with Crippen molar-refractivity contribution in [2.45, 2.75) is 0 Å². The summed E-state index contributed by atoms with van der Waals surface area (Å²) in [5.41, 5.74) is 0.657. The smallest absolute Gasteiger partial charge is 0.340 e. The lowest BCUT2D eigenvalue weighted by Crippen LogP contribution is -2.07. The number of methoxy groups -OCH3 is 1. The van der Waals surface area contributed by atoms with Crippen LogP contribution in [0.3, 0.4) is 0 Å². The monoisotopic (exact) mass is 206 g/mol. The van der Waals surface area contributed by atoms with Crippen molar-refractivity contribution in [3.05, 3.63) is 34.4 Å². The molecule has 5 heteroatoms. The Bertz CT molecular complexity index is 580. The van der Waals surface area contributed by atoms with Gasteiger partial charge >= 0.3 is 5.97 Å². The van der Waals surface area contributed by atoms with Gasteiger partial charge < -0.3 is 14.3 Å². The molecule has 0 spiro atoms. The number of hydrogen-bond donors (Lipinski definition) is 1. The van der Waals surface area contributed by atoms with Gasteiger partial charge in [0.05, 0.1) is 12.7 Å². The Morgan fingerprint density at radius 2 is 2.27 bits per heavy atom. The van der Waals surface area contributed by atoms with Gasteiger partial charge in [0.2, 0.25) is 0 Å². The van der Waals surface area contributed by atoms with E-state index in [0.29, 0.717) is 16.5 Å². The number of rotatable bonds is 1. The SMILES string of the molecule is COC(=O)c1cn(C)c2c(=O)[nH]ccc12. The number of hydrogen-bond acceptors (Lipinski definition) is 3. The van der Waals surface area contributed by atoms with E-state index in [2.05, 4.69) is 9.72 Å². The summed E-state index contributed by atoms with van der Waals surface area (Å²) < 4.78 is 6.24. The van der Waals surface area contributed by atoms with Crippen molar-refractivity contribution in [1.29, 1.82) is 0 Å². The Kier molecular flexibility index (Phi) is 2.07. The van der Waals surface area contributed by atoms with Crippen LogP contribution in [0.15, 0.2) is 23.3 Å². The van der Waals surface area contributed by atoms with E-state index >= 15 is 0 Å². The van der Waals surface area contributed by atoms with Gasteiger partial charge in [-0.15, -0.1) is 0 Å². The summed E-state index contributed by atoms with van der Waals surface area (Å²) in [5, 5.41) is 0.605. The lowest BCUT2D eigenvalue weighted by Gasteiger charge is -1.95. The lowest BCUT2D eigenvalue weighted by atomic mass is 10.2. The number of carbonyl (C=O) groups excluding carboxylic acids is 1. The number of aromatic nitrogens is 2. The Balaban J connectivity index is 2.85. The van der Waals surface area contributed by atoms with Gasteiger partial charge in [-0.3, -0.25) is 4.79 Å². The van der Waals surface area contributed by atoms with Gasteiger partial charge in [0.1, 0.15) is 5.52 Å². The van der Waals surface area contributed by atoms with Crippen LogP contribution in [0.5, 0.6) is 0 Å². The van der Waals surface area contributed by atoms with Crippen molar-refractivity contribution in [2.75, 3.05) is 7.11 Å². The molecule has 0 fully saturated rings. The first-order chi connectivity index (χ1) is 7.15. The summed E-state index contributed by atoms with van der Waals surface area (Å²) in [6.45, 7) is 0. The molecular weight excluding hydrogens is 196 g/mol. The molecule has 0 radical (unpaired) electrons. The number of fused-ring (bicyclic) bond motifs is 1. The quantitative estimate of drug-likeness (QED) is 0.697. The van der Waals surface area contributed by atoms with Crippen LogP contribution in [0.2, 0.25) is 0 Å². The van der Waals surface area contributed by atoms with Crippen molar-refractivity contribution < 1.29 is 9.53 Å². The van der Waals surface area contributed by atoms with Crippen LogP contribution in [-0.4, -0.2) is 22.6 Å². The summed E-state index contributed by atoms with van der Waals surface area (Å²) in [7, 11) is 3.03. The molecular formula is C10H10N2O3. The lowest BCUT2D eigenvalue weighted by molar-refractivity contribution is 0.0603. The van der Waals surface area contributed by atoms with E-state index in [1.165, 1.54) is 13.3 Å². The number of aromatic amines is 1. The highest BCUT2D eigenvalue weighted by Crippen LogP contribution is 2.17. The van der Waals surface area contributed by atoms with Gasteiger partial charge in [0, 0.05) is 24.8 Å². The number of pyridine rings is 1. The summed E-state index contributed by atoms with van der Waals surface area (Å²) in [6, 6.07) is 1.68. The number of H-pyrrole nitrogens is 1. The van der Waals surface area contributed by atoms with Gasteiger partial charge in [-0.2, -0.15) is 0 Å². The Morgan fingerprint density at radius 1 is 1.53 bits per heavy atom. The fraction of sp³-hybridized carbons (Fsp3) is 0.200. The summed E-state index contributed by atoms with van der Waals surface area (Å²) >= 11 is 0. The zero-order valence-corrected chi connectivity index (χ0v) is 8.40. The van der Waals surface area contributed by atoms with Gasteiger partial charge in [0.15, 0.2) is 0 Å². The van der Waals surface area contributed by atoms with Crippen molar-refractivity contribution in [3.8, 4) is 0 Å². The first-order valence-electron chi connectivity index (χ1n) is 4.40. The van der Waals surface area contributed by atoms with E-state index < -0.39 is 5.97 Å². The second-order valence-corrected chi connectivity index (χ2v) is 3.21.